The Labute approximate surface area is 202 Å². The van der Waals surface area contributed by atoms with Gasteiger partial charge < -0.3 is 23.7 Å². The second-order valence-corrected chi connectivity index (χ2v) is 10.3. The first-order valence-electron chi connectivity index (χ1n) is 11.8. The third-order valence-electron chi connectivity index (χ3n) is 6.14. The van der Waals surface area contributed by atoms with Gasteiger partial charge in [0.2, 0.25) is 0 Å². The van der Waals surface area contributed by atoms with Gasteiger partial charge in [-0.25, -0.2) is 9.36 Å². The lowest BCUT2D eigenvalue weighted by Crippen LogP contribution is -2.43. The van der Waals surface area contributed by atoms with Gasteiger partial charge in [-0.3, -0.25) is 27.9 Å². The van der Waals surface area contributed by atoms with E-state index in [0.717, 1.165) is 32.1 Å². The van der Waals surface area contributed by atoms with Gasteiger partial charge in [0.15, 0.2) is 18.8 Å². The highest BCUT2D eigenvalue weighted by Crippen LogP contribution is 2.52. The Balaban J connectivity index is 1.64. The van der Waals surface area contributed by atoms with Crippen molar-refractivity contribution in [3.63, 3.8) is 0 Å². The van der Waals surface area contributed by atoms with Gasteiger partial charge in [0.1, 0.15) is 18.3 Å². The number of phosphoric ester groups is 1. The molecule has 14 heteroatoms. The third kappa shape index (κ3) is 6.68. The van der Waals surface area contributed by atoms with Crippen molar-refractivity contribution in [3.05, 3.63) is 33.1 Å². The predicted molar refractivity (Wildman–Crippen MR) is 120 cm³/mol. The van der Waals surface area contributed by atoms with Crippen molar-refractivity contribution in [2.24, 2.45) is 0 Å². The van der Waals surface area contributed by atoms with Crippen LogP contribution >= 0.6 is 7.82 Å². The lowest BCUT2D eigenvalue weighted by Gasteiger charge is -2.32. The molecule has 1 aromatic heterocycles. The first kappa shape index (κ1) is 26.6. The van der Waals surface area contributed by atoms with E-state index >= 15 is 0 Å². The number of aromatic nitrogens is 2. The van der Waals surface area contributed by atoms with Gasteiger partial charge in [0, 0.05) is 39.7 Å². The van der Waals surface area contributed by atoms with E-state index in [-0.39, 0.29) is 6.61 Å². The molecule has 198 valence electrons. The van der Waals surface area contributed by atoms with Crippen LogP contribution in [0.5, 0.6) is 0 Å². The lowest BCUT2D eigenvalue weighted by atomic mass is 10.1. The van der Waals surface area contributed by atoms with Crippen LogP contribution in [0, 0.1) is 0 Å². The summed E-state index contributed by atoms with van der Waals surface area (Å²) in [6.45, 7) is 1.12. The Kier molecular flexibility index (Phi) is 9.30. The van der Waals surface area contributed by atoms with E-state index in [1.54, 1.807) is 0 Å². The number of aromatic amines is 1. The molecule has 0 radical (unpaired) electrons. The second kappa shape index (κ2) is 12.2. The molecule has 3 fully saturated rings. The smallest absolute Gasteiger partial charge is 0.353 e. The maximum Gasteiger partial charge on any atom is 0.474 e. The molecule has 0 saturated carbocycles. The van der Waals surface area contributed by atoms with E-state index in [1.807, 2.05) is 0 Å². The molecule has 13 nitrogen and oxygen atoms in total. The topological polar surface area (TPSA) is 146 Å². The number of hydrogen-bond donors (Lipinski definition) is 1. The Hall–Kier alpha value is -1.41. The number of hydrogen-bond acceptors (Lipinski definition) is 11. The zero-order chi connectivity index (χ0) is 24.8. The molecule has 4 rings (SSSR count). The minimum atomic E-state index is -3.98. The van der Waals surface area contributed by atoms with Crippen LogP contribution in [0.4, 0.5) is 0 Å². The van der Waals surface area contributed by atoms with Gasteiger partial charge in [-0.2, -0.15) is 0 Å². The number of H-pyrrole nitrogens is 1. The minimum Gasteiger partial charge on any atom is -0.353 e. The number of nitrogens with zero attached hydrogens (tertiary/aromatic N) is 1. The first-order valence-corrected chi connectivity index (χ1v) is 13.3. The summed E-state index contributed by atoms with van der Waals surface area (Å²) in [6.07, 6.45) is 1.51. The van der Waals surface area contributed by atoms with Crippen molar-refractivity contribution in [1.82, 2.24) is 9.55 Å². The average molecular weight is 520 g/mol. The maximum atomic E-state index is 13.0. The summed E-state index contributed by atoms with van der Waals surface area (Å²) in [5, 5.41) is 0. The molecule has 3 saturated heterocycles. The first-order chi connectivity index (χ1) is 16.9. The van der Waals surface area contributed by atoms with Gasteiger partial charge in [-0.1, -0.05) is 0 Å². The van der Waals surface area contributed by atoms with Crippen molar-refractivity contribution in [2.45, 2.75) is 75.6 Å². The summed E-state index contributed by atoms with van der Waals surface area (Å²) >= 11 is 0. The highest BCUT2D eigenvalue weighted by atomic mass is 31.2. The molecule has 1 aromatic rings. The number of nitrogens with one attached hydrogen (secondary N) is 1. The molecule has 3 aliphatic heterocycles. The van der Waals surface area contributed by atoms with Crippen LogP contribution in [-0.2, 0) is 41.8 Å². The number of ether oxygens (including phenoxy) is 5. The zero-order valence-corrected chi connectivity index (χ0v) is 20.8. The molecule has 0 bridgehead atoms. The molecular weight excluding hydrogens is 487 g/mol. The average Bonchev–Trinajstić information content (AvgIpc) is 3.20. The molecule has 3 aliphatic rings. The van der Waals surface area contributed by atoms with Crippen LogP contribution in [0.3, 0.4) is 0 Å². The van der Waals surface area contributed by atoms with E-state index in [9.17, 15) is 14.2 Å². The Morgan fingerprint density at radius 3 is 2.31 bits per heavy atom. The van der Waals surface area contributed by atoms with Crippen LogP contribution in [0.2, 0.25) is 0 Å². The van der Waals surface area contributed by atoms with Crippen molar-refractivity contribution in [1.29, 1.82) is 0 Å². The summed E-state index contributed by atoms with van der Waals surface area (Å²) < 4.78 is 59.7. The molecule has 0 aromatic carbocycles. The number of rotatable bonds is 10. The summed E-state index contributed by atoms with van der Waals surface area (Å²) in [6, 6.07) is 1.20. The molecule has 0 spiro atoms. The molecule has 0 aliphatic carbocycles. The zero-order valence-electron chi connectivity index (χ0n) is 19.9. The third-order valence-corrected chi connectivity index (χ3v) is 7.54. The van der Waals surface area contributed by atoms with Crippen molar-refractivity contribution in [2.75, 3.05) is 34.0 Å². The van der Waals surface area contributed by atoms with Gasteiger partial charge in [-0.15, -0.1) is 0 Å². The summed E-state index contributed by atoms with van der Waals surface area (Å²) in [5.74, 6) is 0. The van der Waals surface area contributed by atoms with Gasteiger partial charge in [0.25, 0.3) is 5.56 Å². The molecular formula is C21H33N2O11P. The highest BCUT2D eigenvalue weighted by Gasteiger charge is 2.52. The monoisotopic (exact) mass is 520 g/mol. The normalized spacial score (nSPS) is 32.1. The van der Waals surface area contributed by atoms with Gasteiger partial charge >= 0.3 is 13.5 Å². The Morgan fingerprint density at radius 2 is 1.71 bits per heavy atom. The standard InChI is InChI=1S/C21H33N2O11P/c1-27-35(26,28-2)34-18-14(13-31-16-7-3-5-11-29-16)32-20(23-10-9-15(24)22-21(23)25)19(18)33-17-8-4-6-12-30-17/h9-10,14,16-20H,3-8,11-13H2,1-2H3,(H,22,24,25)/t14-,16?,17?,18-,19-,20-/m1/s1. The van der Waals surface area contributed by atoms with Crippen LogP contribution in [0.1, 0.15) is 44.8 Å². The van der Waals surface area contributed by atoms with Crippen LogP contribution in [0.25, 0.3) is 0 Å². The quantitative estimate of drug-likeness (QED) is 0.450. The fraction of sp³-hybridized carbons (Fsp3) is 0.810. The number of phosphoric acid groups is 1. The summed E-state index contributed by atoms with van der Waals surface area (Å²) in [7, 11) is -1.58. The largest absolute Gasteiger partial charge is 0.474 e. The molecule has 0 amide bonds. The van der Waals surface area contributed by atoms with Crippen LogP contribution in [-0.4, -0.2) is 74.5 Å². The van der Waals surface area contributed by atoms with E-state index < -0.39 is 56.2 Å². The molecule has 35 heavy (non-hydrogen) atoms. The summed E-state index contributed by atoms with van der Waals surface area (Å²) in [4.78, 5) is 26.5. The fourth-order valence-corrected chi connectivity index (χ4v) is 5.19. The second-order valence-electron chi connectivity index (χ2n) is 8.49. The van der Waals surface area contributed by atoms with Crippen molar-refractivity contribution in [3.8, 4) is 0 Å². The molecule has 2 unspecified atom stereocenters. The van der Waals surface area contributed by atoms with Gasteiger partial charge in [-0.05, 0) is 38.5 Å². The van der Waals surface area contributed by atoms with E-state index in [4.69, 9.17) is 37.3 Å². The van der Waals surface area contributed by atoms with Crippen LogP contribution in [0.15, 0.2) is 21.9 Å². The van der Waals surface area contributed by atoms with E-state index in [1.165, 1.54) is 31.0 Å². The lowest BCUT2D eigenvalue weighted by molar-refractivity contribution is -0.215. The maximum absolute atomic E-state index is 13.0. The minimum absolute atomic E-state index is 0.00273. The van der Waals surface area contributed by atoms with Gasteiger partial charge in [0.05, 0.1) is 6.61 Å². The molecule has 4 heterocycles. The van der Waals surface area contributed by atoms with Crippen molar-refractivity contribution >= 4 is 7.82 Å². The molecule has 6 atom stereocenters. The van der Waals surface area contributed by atoms with Crippen molar-refractivity contribution < 1.29 is 41.8 Å². The fourth-order valence-electron chi connectivity index (χ4n) is 4.31. The highest BCUT2D eigenvalue weighted by molar-refractivity contribution is 7.48. The van der Waals surface area contributed by atoms with E-state index in [0.29, 0.717) is 19.6 Å². The van der Waals surface area contributed by atoms with Crippen LogP contribution < -0.4 is 11.2 Å². The SMILES string of the molecule is COP(=O)(OC)O[C@H]1[C@@H](OC2CCCCO2)[C@H](n2ccc(=O)[nH]c2=O)O[C@@H]1COC1CCCCO1. The van der Waals surface area contributed by atoms with E-state index in [2.05, 4.69) is 4.98 Å². The molecule has 1 N–H and O–H groups in total. The Bertz CT molecular complexity index is 965. The Morgan fingerprint density at radius 1 is 1.03 bits per heavy atom. The predicted octanol–water partition coefficient (Wildman–Crippen LogP) is 1.68. The summed E-state index contributed by atoms with van der Waals surface area (Å²) in [5.41, 5.74) is -1.25.